The maximum absolute atomic E-state index is 12.4. The van der Waals surface area contributed by atoms with Gasteiger partial charge < -0.3 is 19.9 Å². The lowest BCUT2D eigenvalue weighted by Crippen LogP contribution is -2.25. The molecule has 5 nitrogen and oxygen atoms in total. The number of nitrogens with two attached hydrogens (primary N) is 1. The fraction of sp³-hybridized carbons (Fsp3) is 0.562. The third-order valence-electron chi connectivity index (χ3n) is 3.95. The number of nitrogen functional groups attached to an aromatic ring is 1. The van der Waals surface area contributed by atoms with Crippen LogP contribution < -0.4 is 15.2 Å². The smallest absolute Gasteiger partial charge is 0.340 e. The van der Waals surface area contributed by atoms with Crippen LogP contribution in [0.1, 0.15) is 43.0 Å². The highest BCUT2D eigenvalue weighted by atomic mass is 16.5. The SMILES string of the molecule is COc1cc(OC)c(N)c(C(=O)OC2CCCC(C)C2)c1. The van der Waals surface area contributed by atoms with Crippen LogP contribution in [-0.2, 0) is 4.74 Å². The van der Waals surface area contributed by atoms with E-state index >= 15 is 0 Å². The zero-order chi connectivity index (χ0) is 15.4. The maximum Gasteiger partial charge on any atom is 0.340 e. The van der Waals surface area contributed by atoms with E-state index in [4.69, 9.17) is 19.9 Å². The summed E-state index contributed by atoms with van der Waals surface area (Å²) in [6.45, 7) is 2.18. The Hall–Kier alpha value is -1.91. The summed E-state index contributed by atoms with van der Waals surface area (Å²) in [4.78, 5) is 12.4. The first kappa shape index (κ1) is 15.5. The van der Waals surface area contributed by atoms with Gasteiger partial charge in [-0.15, -0.1) is 0 Å². The molecule has 0 spiro atoms. The Morgan fingerprint density at radius 1 is 1.24 bits per heavy atom. The van der Waals surface area contributed by atoms with Gasteiger partial charge in [0.25, 0.3) is 0 Å². The van der Waals surface area contributed by atoms with Gasteiger partial charge in [-0.25, -0.2) is 4.79 Å². The van der Waals surface area contributed by atoms with Gasteiger partial charge in [0.2, 0.25) is 0 Å². The molecule has 1 saturated carbocycles. The summed E-state index contributed by atoms with van der Waals surface area (Å²) in [6, 6.07) is 3.24. The summed E-state index contributed by atoms with van der Waals surface area (Å²) in [5.74, 6) is 1.11. The van der Waals surface area contributed by atoms with Crippen LogP contribution in [-0.4, -0.2) is 26.3 Å². The van der Waals surface area contributed by atoms with Crippen LogP contribution in [0.5, 0.6) is 11.5 Å². The lowest BCUT2D eigenvalue weighted by molar-refractivity contribution is 0.0156. The molecule has 21 heavy (non-hydrogen) atoms. The van der Waals surface area contributed by atoms with E-state index < -0.39 is 5.97 Å². The molecule has 1 aromatic rings. The first-order chi connectivity index (χ1) is 10.0. The number of carbonyl (C=O) groups is 1. The minimum Gasteiger partial charge on any atom is -0.497 e. The first-order valence-electron chi connectivity index (χ1n) is 7.27. The Morgan fingerprint density at radius 3 is 2.62 bits per heavy atom. The second-order valence-corrected chi connectivity index (χ2v) is 5.59. The third-order valence-corrected chi connectivity index (χ3v) is 3.95. The highest BCUT2D eigenvalue weighted by Gasteiger charge is 2.25. The molecule has 1 aromatic carbocycles. The molecule has 0 amide bonds. The zero-order valence-electron chi connectivity index (χ0n) is 12.8. The van der Waals surface area contributed by atoms with E-state index in [1.54, 1.807) is 12.1 Å². The number of esters is 1. The van der Waals surface area contributed by atoms with Gasteiger partial charge in [0.15, 0.2) is 0 Å². The monoisotopic (exact) mass is 293 g/mol. The molecule has 2 unspecified atom stereocenters. The quantitative estimate of drug-likeness (QED) is 0.682. The number of methoxy groups -OCH3 is 2. The molecule has 1 fully saturated rings. The summed E-state index contributed by atoms with van der Waals surface area (Å²) < 4.78 is 15.9. The van der Waals surface area contributed by atoms with Crippen LogP contribution in [0.4, 0.5) is 5.69 Å². The molecule has 0 saturated heterocycles. The zero-order valence-corrected chi connectivity index (χ0v) is 12.8. The standard InChI is InChI=1S/C16H23NO4/c1-10-5-4-6-11(7-10)21-16(18)13-8-12(19-2)9-14(20-3)15(13)17/h8-11H,4-7,17H2,1-3H3. The molecule has 1 aliphatic rings. The summed E-state index contributed by atoms with van der Waals surface area (Å²) >= 11 is 0. The van der Waals surface area contributed by atoms with E-state index in [9.17, 15) is 4.79 Å². The Morgan fingerprint density at radius 2 is 2.00 bits per heavy atom. The number of carbonyl (C=O) groups excluding carboxylic acids is 1. The second kappa shape index (κ2) is 6.70. The van der Waals surface area contributed by atoms with Gasteiger partial charge in [-0.2, -0.15) is 0 Å². The molecule has 2 atom stereocenters. The molecule has 2 N–H and O–H groups in total. The molecule has 2 rings (SSSR count). The highest BCUT2D eigenvalue weighted by molar-refractivity contribution is 5.97. The first-order valence-corrected chi connectivity index (χ1v) is 7.27. The van der Waals surface area contributed by atoms with E-state index in [1.807, 2.05) is 0 Å². The number of hydrogen-bond acceptors (Lipinski definition) is 5. The Balaban J connectivity index is 2.18. The predicted molar refractivity (Wildman–Crippen MR) is 80.8 cm³/mol. The average molecular weight is 293 g/mol. The topological polar surface area (TPSA) is 70.8 Å². The van der Waals surface area contributed by atoms with Gasteiger partial charge in [0.1, 0.15) is 17.6 Å². The lowest BCUT2D eigenvalue weighted by atomic mass is 9.89. The summed E-state index contributed by atoms with van der Waals surface area (Å²) in [5.41, 5.74) is 6.55. The molecule has 5 heteroatoms. The summed E-state index contributed by atoms with van der Waals surface area (Å²) in [5, 5.41) is 0. The largest absolute Gasteiger partial charge is 0.497 e. The van der Waals surface area contributed by atoms with Crippen LogP contribution in [0.3, 0.4) is 0 Å². The van der Waals surface area contributed by atoms with Crippen molar-refractivity contribution in [2.45, 2.75) is 38.7 Å². The van der Waals surface area contributed by atoms with Crippen LogP contribution in [0, 0.1) is 5.92 Å². The Bertz CT molecular complexity index is 515. The van der Waals surface area contributed by atoms with Gasteiger partial charge in [0.05, 0.1) is 25.5 Å². The molecular formula is C16H23NO4. The molecule has 0 aromatic heterocycles. The van der Waals surface area contributed by atoms with E-state index in [2.05, 4.69) is 6.92 Å². The van der Waals surface area contributed by atoms with Crippen molar-refractivity contribution in [3.63, 3.8) is 0 Å². The summed E-state index contributed by atoms with van der Waals surface area (Å²) in [7, 11) is 3.03. The van der Waals surface area contributed by atoms with E-state index in [0.29, 0.717) is 23.0 Å². The van der Waals surface area contributed by atoms with Gasteiger partial charge >= 0.3 is 5.97 Å². The van der Waals surface area contributed by atoms with Gasteiger partial charge in [-0.1, -0.05) is 13.3 Å². The molecule has 0 heterocycles. The number of benzene rings is 1. The van der Waals surface area contributed by atoms with Gasteiger partial charge in [0, 0.05) is 6.07 Å². The summed E-state index contributed by atoms with van der Waals surface area (Å²) in [6.07, 6.45) is 4.08. The maximum atomic E-state index is 12.4. The van der Waals surface area contributed by atoms with Crippen molar-refractivity contribution < 1.29 is 19.0 Å². The molecular weight excluding hydrogens is 270 g/mol. The van der Waals surface area contributed by atoms with Crippen molar-refractivity contribution in [2.75, 3.05) is 20.0 Å². The number of hydrogen-bond donors (Lipinski definition) is 1. The fourth-order valence-electron chi connectivity index (χ4n) is 2.76. The predicted octanol–water partition coefficient (Wildman–Crippen LogP) is 3.02. The highest BCUT2D eigenvalue weighted by Crippen LogP contribution is 2.33. The van der Waals surface area contributed by atoms with E-state index in [-0.39, 0.29) is 11.8 Å². The van der Waals surface area contributed by atoms with E-state index in [1.165, 1.54) is 20.6 Å². The van der Waals surface area contributed by atoms with Crippen molar-refractivity contribution in [2.24, 2.45) is 5.92 Å². The van der Waals surface area contributed by atoms with Crippen LogP contribution in [0.25, 0.3) is 0 Å². The fourth-order valence-corrected chi connectivity index (χ4v) is 2.76. The molecule has 0 radical (unpaired) electrons. The third kappa shape index (κ3) is 3.60. The number of ether oxygens (including phenoxy) is 3. The molecule has 0 bridgehead atoms. The van der Waals surface area contributed by atoms with Crippen LogP contribution in [0.15, 0.2) is 12.1 Å². The normalized spacial score (nSPS) is 21.7. The average Bonchev–Trinajstić information content (AvgIpc) is 2.47. The van der Waals surface area contributed by atoms with Crippen LogP contribution in [0.2, 0.25) is 0 Å². The second-order valence-electron chi connectivity index (χ2n) is 5.59. The minimum atomic E-state index is -0.413. The lowest BCUT2D eigenvalue weighted by Gasteiger charge is -2.26. The number of anilines is 1. The van der Waals surface area contributed by atoms with Crippen molar-refractivity contribution in [1.82, 2.24) is 0 Å². The minimum absolute atomic E-state index is 0.0298. The van der Waals surface area contributed by atoms with Crippen molar-refractivity contribution in [1.29, 1.82) is 0 Å². The van der Waals surface area contributed by atoms with Gasteiger partial charge in [-0.05, 0) is 31.2 Å². The van der Waals surface area contributed by atoms with Crippen molar-refractivity contribution in [3.8, 4) is 11.5 Å². The number of rotatable bonds is 4. The molecule has 116 valence electrons. The van der Waals surface area contributed by atoms with E-state index in [0.717, 1.165) is 19.3 Å². The Kier molecular flexibility index (Phi) is 4.94. The van der Waals surface area contributed by atoms with Crippen molar-refractivity contribution in [3.05, 3.63) is 17.7 Å². The van der Waals surface area contributed by atoms with Crippen molar-refractivity contribution >= 4 is 11.7 Å². The van der Waals surface area contributed by atoms with Gasteiger partial charge in [-0.3, -0.25) is 0 Å². The Labute approximate surface area is 125 Å². The van der Waals surface area contributed by atoms with Crippen LogP contribution >= 0.6 is 0 Å². The molecule has 0 aliphatic heterocycles. The molecule has 1 aliphatic carbocycles.